The predicted molar refractivity (Wildman–Crippen MR) is 62.1 cm³/mol. The minimum Gasteiger partial charge on any atom is -0.302 e. The molecule has 14 heavy (non-hydrogen) atoms. The predicted octanol–water partition coefficient (Wildman–Crippen LogP) is 2.91. The maximum Gasteiger partial charge on any atom is 0.0214 e. The largest absolute Gasteiger partial charge is 0.302 e. The van der Waals surface area contributed by atoms with E-state index in [4.69, 9.17) is 6.42 Å². The van der Waals surface area contributed by atoms with E-state index in [9.17, 15) is 0 Å². The van der Waals surface area contributed by atoms with Gasteiger partial charge in [0.2, 0.25) is 0 Å². The second kappa shape index (κ2) is 6.09. The van der Waals surface area contributed by atoms with Gasteiger partial charge in [0.15, 0.2) is 0 Å². The Morgan fingerprint density at radius 1 is 1.29 bits per heavy atom. The summed E-state index contributed by atoms with van der Waals surface area (Å²) in [4.78, 5) is 2.45. The van der Waals surface area contributed by atoms with Crippen LogP contribution in [0.2, 0.25) is 0 Å². The Balaban J connectivity index is 2.23. The molecular formula is C13H23N. The average Bonchev–Trinajstić information content (AvgIpc) is 2.26. The van der Waals surface area contributed by atoms with Crippen LogP contribution in [-0.2, 0) is 0 Å². The first-order valence-corrected chi connectivity index (χ1v) is 5.91. The first kappa shape index (κ1) is 11.6. The van der Waals surface area contributed by atoms with Gasteiger partial charge in [-0.15, -0.1) is 12.3 Å². The highest BCUT2D eigenvalue weighted by Crippen LogP contribution is 2.28. The van der Waals surface area contributed by atoms with Crippen molar-refractivity contribution < 1.29 is 0 Å². The van der Waals surface area contributed by atoms with E-state index in [-0.39, 0.29) is 0 Å². The standard InChI is InChI=1S/C13H23N/c1-4-6-11-14(3)13-9-7-12(5-2)8-10-13/h1,12-13H,5-11H2,2-3H3. The molecule has 1 saturated carbocycles. The summed E-state index contributed by atoms with van der Waals surface area (Å²) in [5.74, 6) is 3.71. The molecular weight excluding hydrogens is 170 g/mol. The molecule has 0 aromatic heterocycles. The van der Waals surface area contributed by atoms with E-state index >= 15 is 0 Å². The number of rotatable bonds is 4. The van der Waals surface area contributed by atoms with E-state index in [1.54, 1.807) is 0 Å². The lowest BCUT2D eigenvalue weighted by atomic mass is 9.84. The van der Waals surface area contributed by atoms with Crippen molar-refractivity contribution >= 4 is 0 Å². The van der Waals surface area contributed by atoms with Gasteiger partial charge in [-0.3, -0.25) is 0 Å². The Morgan fingerprint density at radius 3 is 2.43 bits per heavy atom. The summed E-state index contributed by atoms with van der Waals surface area (Å²) in [6.07, 6.45) is 13.1. The summed E-state index contributed by atoms with van der Waals surface area (Å²) in [5.41, 5.74) is 0. The third-order valence-electron chi connectivity index (χ3n) is 3.63. The summed E-state index contributed by atoms with van der Waals surface area (Å²) >= 11 is 0. The minimum absolute atomic E-state index is 0.797. The molecule has 0 aliphatic heterocycles. The van der Waals surface area contributed by atoms with Crippen molar-refractivity contribution in [3.63, 3.8) is 0 Å². The van der Waals surface area contributed by atoms with Gasteiger partial charge in [0.05, 0.1) is 0 Å². The monoisotopic (exact) mass is 193 g/mol. The third kappa shape index (κ3) is 3.35. The third-order valence-corrected chi connectivity index (χ3v) is 3.63. The molecule has 1 heteroatoms. The van der Waals surface area contributed by atoms with Crippen LogP contribution in [-0.4, -0.2) is 24.5 Å². The molecule has 0 radical (unpaired) electrons. The zero-order valence-corrected chi connectivity index (χ0v) is 9.63. The Labute approximate surface area is 88.9 Å². The smallest absolute Gasteiger partial charge is 0.0214 e. The topological polar surface area (TPSA) is 3.24 Å². The second-order valence-corrected chi connectivity index (χ2v) is 4.52. The fourth-order valence-corrected chi connectivity index (χ4v) is 2.42. The van der Waals surface area contributed by atoms with Crippen LogP contribution in [0.4, 0.5) is 0 Å². The molecule has 0 N–H and O–H groups in total. The molecule has 0 aromatic carbocycles. The Bertz CT molecular complexity index is 184. The molecule has 0 bridgehead atoms. The van der Waals surface area contributed by atoms with E-state index < -0.39 is 0 Å². The highest BCUT2D eigenvalue weighted by molar-refractivity contribution is 4.86. The lowest BCUT2D eigenvalue weighted by molar-refractivity contribution is 0.166. The Hall–Kier alpha value is -0.480. The normalized spacial score (nSPS) is 27.6. The summed E-state index contributed by atoms with van der Waals surface area (Å²) < 4.78 is 0. The van der Waals surface area contributed by atoms with Gasteiger partial charge in [-0.25, -0.2) is 0 Å². The van der Waals surface area contributed by atoms with Crippen molar-refractivity contribution in [1.29, 1.82) is 0 Å². The maximum atomic E-state index is 5.27. The first-order chi connectivity index (χ1) is 6.77. The van der Waals surface area contributed by atoms with Gasteiger partial charge in [0.25, 0.3) is 0 Å². The molecule has 1 rings (SSSR count). The number of terminal acetylenes is 1. The highest BCUT2D eigenvalue weighted by Gasteiger charge is 2.22. The van der Waals surface area contributed by atoms with Crippen molar-refractivity contribution in [3.8, 4) is 12.3 Å². The fourth-order valence-electron chi connectivity index (χ4n) is 2.42. The van der Waals surface area contributed by atoms with Crippen molar-refractivity contribution in [2.24, 2.45) is 5.92 Å². The number of hydrogen-bond donors (Lipinski definition) is 0. The number of hydrogen-bond acceptors (Lipinski definition) is 1. The van der Waals surface area contributed by atoms with Crippen LogP contribution >= 0.6 is 0 Å². The van der Waals surface area contributed by atoms with Gasteiger partial charge in [0.1, 0.15) is 0 Å². The van der Waals surface area contributed by atoms with Gasteiger partial charge < -0.3 is 4.90 Å². The van der Waals surface area contributed by atoms with E-state index in [1.165, 1.54) is 32.1 Å². The van der Waals surface area contributed by atoms with Crippen LogP contribution in [0.1, 0.15) is 45.4 Å². The van der Waals surface area contributed by atoms with Gasteiger partial charge in [0, 0.05) is 19.0 Å². The zero-order chi connectivity index (χ0) is 10.4. The van der Waals surface area contributed by atoms with Crippen LogP contribution in [0, 0.1) is 18.3 Å². The average molecular weight is 193 g/mol. The lowest BCUT2D eigenvalue weighted by Gasteiger charge is -2.34. The van der Waals surface area contributed by atoms with Crippen molar-refractivity contribution in [2.45, 2.75) is 51.5 Å². The molecule has 80 valence electrons. The summed E-state index contributed by atoms with van der Waals surface area (Å²) in [7, 11) is 2.22. The first-order valence-electron chi connectivity index (χ1n) is 5.91. The SMILES string of the molecule is C#CCCN(C)C1CCC(CC)CC1. The van der Waals surface area contributed by atoms with E-state index in [1.807, 2.05) is 0 Å². The molecule has 1 fully saturated rings. The van der Waals surface area contributed by atoms with E-state index in [2.05, 4.69) is 24.8 Å². The van der Waals surface area contributed by atoms with Crippen LogP contribution in [0.3, 0.4) is 0 Å². The van der Waals surface area contributed by atoms with Crippen molar-refractivity contribution in [3.05, 3.63) is 0 Å². The molecule has 0 saturated heterocycles. The van der Waals surface area contributed by atoms with Crippen molar-refractivity contribution in [1.82, 2.24) is 4.90 Å². The fraction of sp³-hybridized carbons (Fsp3) is 0.846. The molecule has 1 aliphatic carbocycles. The molecule has 0 amide bonds. The molecule has 0 spiro atoms. The zero-order valence-electron chi connectivity index (χ0n) is 9.63. The summed E-state index contributed by atoms with van der Waals surface area (Å²) in [6.45, 7) is 3.38. The van der Waals surface area contributed by atoms with E-state index in [0.717, 1.165) is 24.9 Å². The van der Waals surface area contributed by atoms with Gasteiger partial charge in [-0.2, -0.15) is 0 Å². The van der Waals surface area contributed by atoms with Crippen LogP contribution in [0.15, 0.2) is 0 Å². The van der Waals surface area contributed by atoms with Crippen LogP contribution in [0.5, 0.6) is 0 Å². The number of nitrogens with zero attached hydrogens (tertiary/aromatic N) is 1. The molecule has 0 aromatic rings. The minimum atomic E-state index is 0.797. The summed E-state index contributed by atoms with van der Waals surface area (Å²) in [5, 5.41) is 0. The van der Waals surface area contributed by atoms with Gasteiger partial charge >= 0.3 is 0 Å². The highest BCUT2D eigenvalue weighted by atomic mass is 15.1. The van der Waals surface area contributed by atoms with Gasteiger partial charge in [-0.05, 0) is 38.6 Å². The van der Waals surface area contributed by atoms with Crippen molar-refractivity contribution in [2.75, 3.05) is 13.6 Å². The Morgan fingerprint density at radius 2 is 1.93 bits per heavy atom. The molecule has 0 heterocycles. The van der Waals surface area contributed by atoms with E-state index in [0.29, 0.717) is 0 Å². The lowest BCUT2D eigenvalue weighted by Crippen LogP contribution is -2.35. The maximum absolute atomic E-state index is 5.27. The molecule has 1 aliphatic rings. The molecule has 1 nitrogen and oxygen atoms in total. The molecule has 0 unspecified atom stereocenters. The van der Waals surface area contributed by atoms with Crippen LogP contribution in [0.25, 0.3) is 0 Å². The van der Waals surface area contributed by atoms with Gasteiger partial charge in [-0.1, -0.05) is 13.3 Å². The summed E-state index contributed by atoms with van der Waals surface area (Å²) in [6, 6.07) is 0.797. The van der Waals surface area contributed by atoms with Crippen LogP contribution < -0.4 is 0 Å². The quantitative estimate of drug-likeness (QED) is 0.621. The second-order valence-electron chi connectivity index (χ2n) is 4.52. The Kier molecular flexibility index (Phi) is 5.04. The molecule has 0 atom stereocenters.